The van der Waals surface area contributed by atoms with Crippen molar-refractivity contribution < 1.29 is 5.11 Å². The second kappa shape index (κ2) is 11.0. The molecular weight excluding hydrogens is 562 g/mol. The molecule has 0 aliphatic heterocycles. The Morgan fingerprint density at radius 1 is 0.543 bits per heavy atom. The highest BCUT2D eigenvalue weighted by Crippen LogP contribution is 2.39. The minimum absolute atomic E-state index is 0.0175. The molecule has 46 heavy (non-hydrogen) atoms. The Kier molecular flexibility index (Phi) is 7.05. The largest absolute Gasteiger partial charge is 0.507 e. The van der Waals surface area contributed by atoms with Crippen molar-refractivity contribution >= 4 is 21.8 Å². The van der Waals surface area contributed by atoms with Crippen molar-refractivity contribution in [1.82, 2.24) is 14.5 Å². The Hall–Kier alpha value is -5.22. The smallest absolute Gasteiger partial charge is 0.137 e. The molecule has 4 nitrogen and oxygen atoms in total. The number of phenolic OH excluding ortho intramolecular Hbond substituents is 1. The lowest BCUT2D eigenvalue weighted by Crippen LogP contribution is -2.16. The van der Waals surface area contributed by atoms with Gasteiger partial charge in [0.15, 0.2) is 0 Å². The van der Waals surface area contributed by atoms with Gasteiger partial charge in [-0.3, -0.25) is 4.57 Å². The molecule has 7 aromatic rings. The Balaban J connectivity index is 1.50. The van der Waals surface area contributed by atoms with Crippen LogP contribution in [0.15, 0.2) is 121 Å². The van der Waals surface area contributed by atoms with Crippen molar-refractivity contribution in [3.05, 3.63) is 133 Å². The molecular formula is C42H39N3O. The predicted octanol–water partition coefficient (Wildman–Crippen LogP) is 10.9. The first-order valence-electron chi connectivity index (χ1n) is 15.9. The molecule has 3 aromatic heterocycles. The van der Waals surface area contributed by atoms with Crippen LogP contribution >= 0.6 is 0 Å². The van der Waals surface area contributed by atoms with Crippen molar-refractivity contribution in [2.24, 2.45) is 0 Å². The van der Waals surface area contributed by atoms with Gasteiger partial charge in [0.25, 0.3) is 0 Å². The maximum Gasteiger partial charge on any atom is 0.137 e. The third-order valence-electron chi connectivity index (χ3n) is 8.85. The van der Waals surface area contributed by atoms with Crippen LogP contribution in [0.2, 0.25) is 0 Å². The topological polar surface area (TPSA) is 50.9 Å². The number of rotatable bonds is 4. The summed E-state index contributed by atoms with van der Waals surface area (Å²) in [7, 11) is 0. The lowest BCUT2D eigenvalue weighted by Gasteiger charge is -2.26. The second-order valence-electron chi connectivity index (χ2n) is 14.2. The van der Waals surface area contributed by atoms with Gasteiger partial charge in [-0.25, -0.2) is 9.97 Å². The average molecular weight is 602 g/mol. The Bertz CT molecular complexity index is 2200. The quantitative estimate of drug-likeness (QED) is 0.218. The molecule has 0 spiro atoms. The summed E-state index contributed by atoms with van der Waals surface area (Å²) in [6.45, 7) is 13.6. The molecule has 0 bridgehead atoms. The molecule has 7 rings (SSSR count). The number of hydrogen-bond acceptors (Lipinski definition) is 3. The molecule has 0 radical (unpaired) electrons. The van der Waals surface area contributed by atoms with Crippen LogP contribution in [0.25, 0.3) is 61.3 Å². The number of fused-ring (bicyclic) bond motifs is 3. The van der Waals surface area contributed by atoms with E-state index in [4.69, 9.17) is 9.97 Å². The maximum absolute atomic E-state index is 10.9. The van der Waals surface area contributed by atoms with Gasteiger partial charge in [-0.1, -0.05) is 108 Å². The lowest BCUT2D eigenvalue weighted by atomic mass is 9.79. The molecule has 0 aliphatic carbocycles. The van der Waals surface area contributed by atoms with E-state index in [1.54, 1.807) is 6.07 Å². The van der Waals surface area contributed by atoms with E-state index < -0.39 is 0 Å². The van der Waals surface area contributed by atoms with Crippen LogP contribution in [0.5, 0.6) is 5.75 Å². The summed E-state index contributed by atoms with van der Waals surface area (Å²) in [5, 5.41) is 13.3. The van der Waals surface area contributed by atoms with E-state index in [2.05, 4.69) is 119 Å². The van der Waals surface area contributed by atoms with Crippen LogP contribution in [0, 0.1) is 0 Å². The fraction of sp³-hybridized carbons (Fsp3) is 0.190. The molecule has 0 aliphatic rings. The minimum atomic E-state index is -0.0175. The molecule has 1 N–H and O–H groups in total. The fourth-order valence-corrected chi connectivity index (χ4v) is 6.20. The van der Waals surface area contributed by atoms with E-state index in [-0.39, 0.29) is 16.6 Å². The first-order chi connectivity index (χ1) is 22.0. The molecule has 0 fully saturated rings. The van der Waals surface area contributed by atoms with E-state index in [0.29, 0.717) is 5.56 Å². The Morgan fingerprint density at radius 3 is 1.87 bits per heavy atom. The summed E-state index contributed by atoms with van der Waals surface area (Å²) in [4.78, 5) is 9.90. The fourth-order valence-electron chi connectivity index (χ4n) is 6.20. The third-order valence-corrected chi connectivity index (χ3v) is 8.85. The monoisotopic (exact) mass is 601 g/mol. The summed E-state index contributed by atoms with van der Waals surface area (Å²) in [6.07, 6.45) is 1.83. The number of hydrogen-bond donors (Lipinski definition) is 1. The first-order valence-corrected chi connectivity index (χ1v) is 15.9. The standard InChI is InChI=1S/C42H39N3O/c1-41(2,3)30-21-28(22-31(26-30)42(4,5)6)29-23-35(44-36(24-29)34-14-8-10-16-39(34)46)27-18-19-33-32-13-7-9-15-37(32)45(38(33)25-27)40-17-11-12-20-43-40/h7-26,46H,1-6H3. The molecule has 3 heterocycles. The van der Waals surface area contributed by atoms with Crippen molar-refractivity contribution in [2.75, 3.05) is 0 Å². The van der Waals surface area contributed by atoms with E-state index in [0.717, 1.165) is 50.3 Å². The van der Waals surface area contributed by atoms with Crippen molar-refractivity contribution in [2.45, 2.75) is 52.4 Å². The highest BCUT2D eigenvalue weighted by Gasteiger charge is 2.22. The van der Waals surface area contributed by atoms with Crippen LogP contribution in [-0.4, -0.2) is 19.6 Å². The second-order valence-corrected chi connectivity index (χ2v) is 14.2. The Morgan fingerprint density at radius 2 is 1.17 bits per heavy atom. The number of aromatic nitrogens is 3. The van der Waals surface area contributed by atoms with E-state index >= 15 is 0 Å². The molecule has 4 heteroatoms. The summed E-state index contributed by atoms with van der Waals surface area (Å²) in [5.41, 5.74) is 10.2. The third kappa shape index (κ3) is 5.34. The number of pyridine rings is 2. The van der Waals surface area contributed by atoms with Crippen LogP contribution < -0.4 is 0 Å². The number of phenols is 1. The first kappa shape index (κ1) is 29.5. The van der Waals surface area contributed by atoms with Crippen LogP contribution in [0.3, 0.4) is 0 Å². The van der Waals surface area contributed by atoms with Crippen molar-refractivity contribution in [3.63, 3.8) is 0 Å². The van der Waals surface area contributed by atoms with Gasteiger partial charge in [-0.2, -0.15) is 0 Å². The number of nitrogens with zero attached hydrogens (tertiary/aromatic N) is 3. The van der Waals surface area contributed by atoms with E-state index in [9.17, 15) is 5.11 Å². The number of benzene rings is 4. The SMILES string of the molecule is CC(C)(C)c1cc(-c2cc(-c3ccc4c5ccccc5n(-c5ccccn5)c4c3)nc(-c3ccccc3O)c2)cc(C(C)(C)C)c1. The van der Waals surface area contributed by atoms with Crippen LogP contribution in [-0.2, 0) is 10.8 Å². The van der Waals surface area contributed by atoms with E-state index in [1.165, 1.54) is 16.5 Å². The van der Waals surface area contributed by atoms with Gasteiger partial charge < -0.3 is 5.11 Å². The van der Waals surface area contributed by atoms with Gasteiger partial charge in [0.2, 0.25) is 0 Å². The van der Waals surface area contributed by atoms with Crippen molar-refractivity contribution in [1.29, 1.82) is 0 Å². The summed E-state index contributed by atoms with van der Waals surface area (Å²) < 4.78 is 2.23. The average Bonchev–Trinajstić information content (AvgIpc) is 3.38. The molecule has 0 amide bonds. The van der Waals surface area contributed by atoms with Crippen molar-refractivity contribution in [3.8, 4) is 45.2 Å². The molecule has 0 saturated carbocycles. The predicted molar refractivity (Wildman–Crippen MR) is 192 cm³/mol. The van der Waals surface area contributed by atoms with E-state index in [1.807, 2.05) is 42.6 Å². The van der Waals surface area contributed by atoms with Gasteiger partial charge in [0, 0.05) is 28.1 Å². The zero-order valence-corrected chi connectivity index (χ0v) is 27.3. The lowest BCUT2D eigenvalue weighted by molar-refractivity contribution is 0.477. The molecule has 0 atom stereocenters. The summed E-state index contributed by atoms with van der Waals surface area (Å²) in [5.74, 6) is 1.08. The maximum atomic E-state index is 10.9. The molecule has 4 aromatic carbocycles. The van der Waals surface area contributed by atoms with Gasteiger partial charge in [0.05, 0.1) is 22.4 Å². The molecule has 0 saturated heterocycles. The number of para-hydroxylation sites is 2. The van der Waals surface area contributed by atoms with Crippen LogP contribution in [0.1, 0.15) is 52.7 Å². The highest BCUT2D eigenvalue weighted by molar-refractivity contribution is 6.10. The summed E-state index contributed by atoms with van der Waals surface area (Å²) >= 11 is 0. The van der Waals surface area contributed by atoms with Gasteiger partial charge in [-0.05, 0) is 81.6 Å². The van der Waals surface area contributed by atoms with Gasteiger partial charge >= 0.3 is 0 Å². The minimum Gasteiger partial charge on any atom is -0.507 e. The highest BCUT2D eigenvalue weighted by atomic mass is 16.3. The molecule has 0 unspecified atom stereocenters. The molecule has 228 valence electrons. The Labute approximate surface area is 271 Å². The van der Waals surface area contributed by atoms with Crippen LogP contribution in [0.4, 0.5) is 0 Å². The zero-order chi connectivity index (χ0) is 32.2. The number of aromatic hydroxyl groups is 1. The normalized spacial score (nSPS) is 12.2. The van der Waals surface area contributed by atoms with Gasteiger partial charge in [0.1, 0.15) is 11.6 Å². The summed E-state index contributed by atoms with van der Waals surface area (Å²) in [6, 6.07) is 39.7. The zero-order valence-electron chi connectivity index (χ0n) is 27.3. The van der Waals surface area contributed by atoms with Gasteiger partial charge in [-0.15, -0.1) is 0 Å².